The Bertz CT molecular complexity index is 386. The molecule has 1 aromatic rings. The van der Waals surface area contributed by atoms with Crippen molar-refractivity contribution in [3.05, 3.63) is 29.8 Å². The molecule has 14 heavy (non-hydrogen) atoms. The zero-order valence-electron chi connectivity index (χ0n) is 7.60. The minimum Gasteiger partial charge on any atom is -0.493 e. The van der Waals surface area contributed by atoms with E-state index < -0.39 is 0 Å². The normalized spacial score (nSPS) is 28.7. The van der Waals surface area contributed by atoms with Gasteiger partial charge in [0.25, 0.3) is 0 Å². The lowest BCUT2D eigenvalue weighted by Gasteiger charge is -2.24. The molecule has 1 aromatic carbocycles. The van der Waals surface area contributed by atoms with Crippen LogP contribution in [-0.4, -0.2) is 19.2 Å². The zero-order chi connectivity index (χ0) is 9.54. The van der Waals surface area contributed by atoms with E-state index in [1.807, 2.05) is 24.3 Å². The lowest BCUT2D eigenvalue weighted by Crippen LogP contribution is -2.25. The molecule has 0 N–H and O–H groups in total. The van der Waals surface area contributed by atoms with Crippen LogP contribution >= 0.6 is 0 Å². The molecule has 0 spiro atoms. The number of hydrogen-bond acceptors (Lipinski definition) is 3. The third-order valence-corrected chi connectivity index (χ3v) is 2.87. The Morgan fingerprint density at radius 1 is 1.14 bits per heavy atom. The first-order chi connectivity index (χ1) is 6.86. The van der Waals surface area contributed by atoms with Gasteiger partial charge in [-0.2, -0.15) is 0 Å². The lowest BCUT2D eigenvalue weighted by atomic mass is 9.86. The molecular formula is C11H10O3. The summed E-state index contributed by atoms with van der Waals surface area (Å²) in [5.74, 6) is 0.829. The van der Waals surface area contributed by atoms with E-state index in [4.69, 9.17) is 9.47 Å². The first kappa shape index (κ1) is 7.85. The molecule has 0 radical (unpaired) electrons. The smallest absolute Gasteiger partial charge is 0.314 e. The minimum absolute atomic E-state index is 0.0973. The molecule has 3 heteroatoms. The van der Waals surface area contributed by atoms with Gasteiger partial charge in [-0.05, 0) is 6.07 Å². The molecule has 0 saturated carbocycles. The maximum atomic E-state index is 11.5. The van der Waals surface area contributed by atoms with Crippen molar-refractivity contribution in [2.45, 2.75) is 5.92 Å². The topological polar surface area (TPSA) is 35.5 Å². The Kier molecular flexibility index (Phi) is 1.54. The minimum atomic E-state index is -0.106. The van der Waals surface area contributed by atoms with Crippen molar-refractivity contribution in [1.82, 2.24) is 0 Å². The summed E-state index contributed by atoms with van der Waals surface area (Å²) in [5.41, 5.74) is 0.978. The highest BCUT2D eigenvalue weighted by Gasteiger charge is 2.42. The Labute approximate surface area is 81.6 Å². The second-order valence-electron chi connectivity index (χ2n) is 3.72. The van der Waals surface area contributed by atoms with Gasteiger partial charge in [-0.3, -0.25) is 4.79 Å². The number of para-hydroxylation sites is 1. The largest absolute Gasteiger partial charge is 0.493 e. The van der Waals surface area contributed by atoms with E-state index in [0.717, 1.165) is 11.3 Å². The highest BCUT2D eigenvalue weighted by atomic mass is 16.5. The third kappa shape index (κ3) is 0.953. The third-order valence-electron chi connectivity index (χ3n) is 2.87. The van der Waals surface area contributed by atoms with Crippen molar-refractivity contribution in [3.63, 3.8) is 0 Å². The summed E-state index contributed by atoms with van der Waals surface area (Å²) in [6.45, 7) is 1.09. The van der Waals surface area contributed by atoms with E-state index in [1.54, 1.807) is 0 Å². The Morgan fingerprint density at radius 2 is 1.93 bits per heavy atom. The van der Waals surface area contributed by atoms with Crippen molar-refractivity contribution in [1.29, 1.82) is 0 Å². The fourth-order valence-electron chi connectivity index (χ4n) is 2.16. The van der Waals surface area contributed by atoms with Crippen LogP contribution in [0.1, 0.15) is 11.5 Å². The number of hydrogen-bond donors (Lipinski definition) is 0. The van der Waals surface area contributed by atoms with Crippen LogP contribution in [0.2, 0.25) is 0 Å². The predicted molar refractivity (Wildman–Crippen MR) is 49.1 cm³/mol. The fraction of sp³-hybridized carbons (Fsp3) is 0.364. The SMILES string of the molecule is O=C1OCC2COc3ccccc3C12. The summed E-state index contributed by atoms with van der Waals surface area (Å²) in [5, 5.41) is 0. The standard InChI is InChI=1S/C11H10O3/c12-11-10-7(6-14-11)5-13-9-4-2-1-3-8(9)10/h1-4,7,10H,5-6H2. The maximum absolute atomic E-state index is 11.5. The van der Waals surface area contributed by atoms with Crippen LogP contribution in [0.3, 0.4) is 0 Å². The molecule has 0 aromatic heterocycles. The molecule has 2 aliphatic heterocycles. The highest BCUT2D eigenvalue weighted by Crippen LogP contribution is 2.40. The molecule has 2 atom stereocenters. The molecular weight excluding hydrogens is 180 g/mol. The molecule has 1 fully saturated rings. The van der Waals surface area contributed by atoms with Gasteiger partial charge in [0, 0.05) is 11.5 Å². The number of ether oxygens (including phenoxy) is 2. The fourth-order valence-corrected chi connectivity index (χ4v) is 2.16. The second kappa shape index (κ2) is 2.74. The van der Waals surface area contributed by atoms with Crippen LogP contribution in [0, 0.1) is 5.92 Å². The Balaban J connectivity index is 2.11. The van der Waals surface area contributed by atoms with Gasteiger partial charge in [0.15, 0.2) is 0 Å². The number of cyclic esters (lactones) is 1. The monoisotopic (exact) mass is 190 g/mol. The van der Waals surface area contributed by atoms with E-state index >= 15 is 0 Å². The number of esters is 1. The van der Waals surface area contributed by atoms with Gasteiger partial charge >= 0.3 is 5.97 Å². The van der Waals surface area contributed by atoms with E-state index in [1.165, 1.54) is 0 Å². The molecule has 3 rings (SSSR count). The number of rotatable bonds is 0. The van der Waals surface area contributed by atoms with Crippen molar-refractivity contribution in [2.75, 3.05) is 13.2 Å². The summed E-state index contributed by atoms with van der Waals surface area (Å²) in [7, 11) is 0. The van der Waals surface area contributed by atoms with Crippen LogP contribution in [0.15, 0.2) is 24.3 Å². The second-order valence-corrected chi connectivity index (χ2v) is 3.72. The highest BCUT2D eigenvalue weighted by molar-refractivity contribution is 5.81. The van der Waals surface area contributed by atoms with Gasteiger partial charge in [-0.1, -0.05) is 18.2 Å². The summed E-state index contributed by atoms with van der Waals surface area (Å²) in [6.07, 6.45) is 0. The van der Waals surface area contributed by atoms with Gasteiger partial charge < -0.3 is 9.47 Å². The zero-order valence-corrected chi connectivity index (χ0v) is 7.60. The molecule has 0 bridgehead atoms. The van der Waals surface area contributed by atoms with Gasteiger partial charge in [0.2, 0.25) is 0 Å². The Morgan fingerprint density at radius 3 is 2.86 bits per heavy atom. The number of fused-ring (bicyclic) bond motifs is 3. The molecule has 1 saturated heterocycles. The van der Waals surface area contributed by atoms with Crippen LogP contribution in [-0.2, 0) is 9.53 Å². The molecule has 2 aliphatic rings. The van der Waals surface area contributed by atoms with E-state index in [-0.39, 0.29) is 17.8 Å². The molecule has 2 heterocycles. The van der Waals surface area contributed by atoms with Gasteiger partial charge in [0.05, 0.1) is 19.1 Å². The molecule has 0 amide bonds. The van der Waals surface area contributed by atoms with E-state index in [2.05, 4.69) is 0 Å². The predicted octanol–water partition coefficient (Wildman–Crippen LogP) is 1.34. The van der Waals surface area contributed by atoms with Crippen LogP contribution in [0.25, 0.3) is 0 Å². The number of benzene rings is 1. The van der Waals surface area contributed by atoms with Crippen molar-refractivity contribution in [2.24, 2.45) is 5.92 Å². The van der Waals surface area contributed by atoms with Gasteiger partial charge in [0.1, 0.15) is 5.75 Å². The Hall–Kier alpha value is -1.51. The van der Waals surface area contributed by atoms with Gasteiger partial charge in [-0.15, -0.1) is 0 Å². The van der Waals surface area contributed by atoms with Crippen LogP contribution in [0.5, 0.6) is 5.75 Å². The summed E-state index contributed by atoms with van der Waals surface area (Å²) in [4.78, 5) is 11.5. The molecule has 2 unspecified atom stereocenters. The lowest BCUT2D eigenvalue weighted by molar-refractivity contribution is -0.139. The first-order valence-corrected chi connectivity index (χ1v) is 4.74. The molecule has 72 valence electrons. The first-order valence-electron chi connectivity index (χ1n) is 4.74. The molecule has 3 nitrogen and oxygen atoms in total. The quantitative estimate of drug-likeness (QED) is 0.579. The van der Waals surface area contributed by atoms with Gasteiger partial charge in [-0.25, -0.2) is 0 Å². The summed E-state index contributed by atoms with van der Waals surface area (Å²) < 4.78 is 10.6. The number of carbonyl (C=O) groups is 1. The summed E-state index contributed by atoms with van der Waals surface area (Å²) >= 11 is 0. The van der Waals surface area contributed by atoms with Crippen LogP contribution < -0.4 is 4.74 Å². The van der Waals surface area contributed by atoms with Crippen LogP contribution in [0.4, 0.5) is 0 Å². The van der Waals surface area contributed by atoms with Crippen molar-refractivity contribution >= 4 is 5.97 Å². The number of carbonyl (C=O) groups excluding carboxylic acids is 1. The van der Waals surface area contributed by atoms with E-state index in [9.17, 15) is 4.79 Å². The maximum Gasteiger partial charge on any atom is 0.314 e. The summed E-state index contributed by atoms with van der Waals surface area (Å²) in [6, 6.07) is 7.69. The average molecular weight is 190 g/mol. The van der Waals surface area contributed by atoms with Crippen molar-refractivity contribution < 1.29 is 14.3 Å². The van der Waals surface area contributed by atoms with E-state index in [0.29, 0.717) is 13.2 Å². The van der Waals surface area contributed by atoms with Crippen molar-refractivity contribution in [3.8, 4) is 5.75 Å². The molecule has 0 aliphatic carbocycles. The average Bonchev–Trinajstić information content (AvgIpc) is 2.61.